The Morgan fingerprint density at radius 3 is 2.52 bits per heavy atom. The lowest BCUT2D eigenvalue weighted by Crippen LogP contribution is -2.52. The number of likely N-dealkylation sites (N-methyl/N-ethyl adjacent to an activating group) is 1. The Morgan fingerprint density at radius 2 is 2.05 bits per heavy atom. The first-order valence-corrected chi connectivity index (χ1v) is 7.51. The summed E-state index contributed by atoms with van der Waals surface area (Å²) in [6.45, 7) is 2.55. The molecule has 2 aliphatic rings. The quantitative estimate of drug-likeness (QED) is 0.854. The first-order valence-electron chi connectivity index (χ1n) is 7.51. The molecule has 0 aliphatic carbocycles. The van der Waals surface area contributed by atoms with Crippen LogP contribution in [-0.2, 0) is 4.79 Å². The van der Waals surface area contributed by atoms with E-state index in [0.717, 1.165) is 19.5 Å². The summed E-state index contributed by atoms with van der Waals surface area (Å²) in [6, 6.07) is -0.465. The fourth-order valence-electron chi connectivity index (χ4n) is 3.27. The molecule has 0 aromatic heterocycles. The molecule has 21 heavy (non-hydrogen) atoms. The van der Waals surface area contributed by atoms with Gasteiger partial charge in [-0.1, -0.05) is 0 Å². The number of alkyl halides is 3. The monoisotopic (exact) mass is 307 g/mol. The summed E-state index contributed by atoms with van der Waals surface area (Å²) in [4.78, 5) is 16.2. The SMILES string of the molecule is CN1CCC(CN(C)C(=O)C2CCC(C(F)(F)F)CN2)C1. The van der Waals surface area contributed by atoms with Crippen LogP contribution >= 0.6 is 0 Å². The van der Waals surface area contributed by atoms with Crippen molar-refractivity contribution >= 4 is 5.91 Å². The van der Waals surface area contributed by atoms with Crippen LogP contribution in [0.1, 0.15) is 19.3 Å². The van der Waals surface area contributed by atoms with Crippen LogP contribution in [0.4, 0.5) is 13.2 Å². The predicted molar refractivity (Wildman–Crippen MR) is 73.8 cm³/mol. The van der Waals surface area contributed by atoms with Crippen molar-refractivity contribution in [3.05, 3.63) is 0 Å². The van der Waals surface area contributed by atoms with Gasteiger partial charge in [-0.3, -0.25) is 4.79 Å². The number of piperidine rings is 1. The lowest BCUT2D eigenvalue weighted by molar-refractivity contribution is -0.180. The van der Waals surface area contributed by atoms with Crippen molar-refractivity contribution in [3.63, 3.8) is 0 Å². The summed E-state index contributed by atoms with van der Waals surface area (Å²) in [6.07, 6.45) is -2.80. The predicted octanol–water partition coefficient (Wildman–Crippen LogP) is 1.33. The number of halogens is 3. The molecule has 2 aliphatic heterocycles. The number of nitrogens with zero attached hydrogens (tertiary/aromatic N) is 2. The molecule has 0 aromatic rings. The number of hydrogen-bond donors (Lipinski definition) is 1. The molecular weight excluding hydrogens is 283 g/mol. The standard InChI is InChI=1S/C14H24F3N3O/c1-19-6-5-10(8-19)9-20(2)13(21)12-4-3-11(7-18-12)14(15,16)17/h10-12,18H,3-9H2,1-2H3. The molecule has 1 N–H and O–H groups in total. The minimum absolute atomic E-state index is 0.0346. The van der Waals surface area contributed by atoms with E-state index in [2.05, 4.69) is 17.3 Å². The van der Waals surface area contributed by atoms with Crippen molar-refractivity contribution in [1.82, 2.24) is 15.1 Å². The fourth-order valence-corrected chi connectivity index (χ4v) is 3.27. The highest BCUT2D eigenvalue weighted by molar-refractivity contribution is 5.81. The van der Waals surface area contributed by atoms with E-state index in [-0.39, 0.29) is 25.3 Å². The van der Waals surface area contributed by atoms with Crippen molar-refractivity contribution in [2.24, 2.45) is 11.8 Å². The van der Waals surface area contributed by atoms with E-state index in [1.165, 1.54) is 0 Å². The third-order valence-corrected chi connectivity index (χ3v) is 4.57. The van der Waals surface area contributed by atoms with Gasteiger partial charge in [-0.2, -0.15) is 13.2 Å². The van der Waals surface area contributed by atoms with E-state index >= 15 is 0 Å². The van der Waals surface area contributed by atoms with Crippen LogP contribution in [-0.4, -0.2) is 68.2 Å². The minimum Gasteiger partial charge on any atom is -0.344 e. The van der Waals surface area contributed by atoms with E-state index in [1.807, 2.05) is 0 Å². The third kappa shape index (κ3) is 4.32. The first-order chi connectivity index (χ1) is 9.77. The Kier molecular flexibility index (Phi) is 5.14. The molecule has 3 unspecified atom stereocenters. The number of nitrogens with one attached hydrogen (secondary N) is 1. The number of carbonyl (C=O) groups excluding carboxylic acids is 1. The van der Waals surface area contributed by atoms with Gasteiger partial charge in [0.15, 0.2) is 0 Å². The van der Waals surface area contributed by atoms with Crippen LogP contribution in [0.3, 0.4) is 0 Å². The molecule has 7 heteroatoms. The summed E-state index contributed by atoms with van der Waals surface area (Å²) in [5.74, 6) is -0.934. The molecule has 3 atom stereocenters. The van der Waals surface area contributed by atoms with Crippen molar-refractivity contribution in [1.29, 1.82) is 0 Å². The van der Waals surface area contributed by atoms with E-state index in [4.69, 9.17) is 0 Å². The molecule has 0 spiro atoms. The highest BCUT2D eigenvalue weighted by Gasteiger charge is 2.42. The highest BCUT2D eigenvalue weighted by atomic mass is 19.4. The maximum atomic E-state index is 12.6. The Morgan fingerprint density at radius 1 is 1.33 bits per heavy atom. The van der Waals surface area contributed by atoms with Gasteiger partial charge in [-0.25, -0.2) is 0 Å². The van der Waals surface area contributed by atoms with Crippen molar-refractivity contribution in [2.45, 2.75) is 31.5 Å². The summed E-state index contributed by atoms with van der Waals surface area (Å²) in [5, 5.41) is 2.77. The molecule has 0 saturated carbocycles. The van der Waals surface area contributed by atoms with Crippen LogP contribution < -0.4 is 5.32 Å². The van der Waals surface area contributed by atoms with Crippen LogP contribution in [0.15, 0.2) is 0 Å². The van der Waals surface area contributed by atoms with Crippen LogP contribution in [0.5, 0.6) is 0 Å². The van der Waals surface area contributed by atoms with Gasteiger partial charge in [-0.05, 0) is 38.8 Å². The molecule has 2 fully saturated rings. The highest BCUT2D eigenvalue weighted by Crippen LogP contribution is 2.32. The zero-order valence-corrected chi connectivity index (χ0v) is 12.6. The summed E-state index contributed by atoms with van der Waals surface area (Å²) in [7, 11) is 3.81. The van der Waals surface area contributed by atoms with Gasteiger partial charge in [0.1, 0.15) is 0 Å². The fraction of sp³-hybridized carbons (Fsp3) is 0.929. The van der Waals surface area contributed by atoms with Crippen molar-refractivity contribution in [3.8, 4) is 0 Å². The average Bonchev–Trinajstić information content (AvgIpc) is 2.82. The lowest BCUT2D eigenvalue weighted by Gasteiger charge is -2.33. The zero-order chi connectivity index (χ0) is 15.6. The van der Waals surface area contributed by atoms with E-state index in [0.29, 0.717) is 12.5 Å². The van der Waals surface area contributed by atoms with E-state index < -0.39 is 18.1 Å². The summed E-state index contributed by atoms with van der Waals surface area (Å²) < 4.78 is 37.8. The number of likely N-dealkylation sites (tertiary alicyclic amines) is 1. The maximum Gasteiger partial charge on any atom is 0.393 e. The van der Waals surface area contributed by atoms with Gasteiger partial charge in [0.2, 0.25) is 5.91 Å². The van der Waals surface area contributed by atoms with Crippen LogP contribution in [0, 0.1) is 11.8 Å². The summed E-state index contributed by atoms with van der Waals surface area (Å²) in [5.41, 5.74) is 0. The molecule has 1 amide bonds. The smallest absolute Gasteiger partial charge is 0.344 e. The number of carbonyl (C=O) groups is 1. The number of hydrogen-bond acceptors (Lipinski definition) is 3. The maximum absolute atomic E-state index is 12.6. The van der Waals surface area contributed by atoms with Crippen LogP contribution in [0.2, 0.25) is 0 Å². The number of rotatable bonds is 3. The Hall–Kier alpha value is -0.820. The topological polar surface area (TPSA) is 35.6 Å². The molecular formula is C14H24F3N3O. The van der Waals surface area contributed by atoms with E-state index in [9.17, 15) is 18.0 Å². The third-order valence-electron chi connectivity index (χ3n) is 4.57. The average molecular weight is 307 g/mol. The Labute approximate surface area is 123 Å². The van der Waals surface area contributed by atoms with Gasteiger partial charge in [0, 0.05) is 26.7 Å². The molecule has 4 nitrogen and oxygen atoms in total. The molecule has 122 valence electrons. The Bertz CT molecular complexity index is 367. The van der Waals surface area contributed by atoms with Gasteiger partial charge in [-0.15, -0.1) is 0 Å². The molecule has 0 bridgehead atoms. The van der Waals surface area contributed by atoms with Gasteiger partial charge in [0.25, 0.3) is 0 Å². The largest absolute Gasteiger partial charge is 0.393 e. The second-order valence-electron chi connectivity index (χ2n) is 6.41. The second-order valence-corrected chi connectivity index (χ2v) is 6.41. The van der Waals surface area contributed by atoms with Gasteiger partial charge < -0.3 is 15.1 Å². The van der Waals surface area contributed by atoms with Crippen molar-refractivity contribution < 1.29 is 18.0 Å². The first kappa shape index (κ1) is 16.5. The molecule has 0 aromatic carbocycles. The molecule has 0 radical (unpaired) electrons. The Balaban J connectivity index is 1.78. The zero-order valence-electron chi connectivity index (χ0n) is 12.6. The van der Waals surface area contributed by atoms with Crippen molar-refractivity contribution in [2.75, 3.05) is 40.3 Å². The number of amides is 1. The molecule has 2 rings (SSSR count). The minimum atomic E-state index is -4.17. The normalized spacial score (nSPS) is 31.4. The summed E-state index contributed by atoms with van der Waals surface area (Å²) >= 11 is 0. The van der Waals surface area contributed by atoms with Gasteiger partial charge >= 0.3 is 6.18 Å². The lowest BCUT2D eigenvalue weighted by atomic mass is 9.93. The van der Waals surface area contributed by atoms with Crippen LogP contribution in [0.25, 0.3) is 0 Å². The molecule has 2 saturated heterocycles. The van der Waals surface area contributed by atoms with Gasteiger partial charge in [0.05, 0.1) is 12.0 Å². The van der Waals surface area contributed by atoms with E-state index in [1.54, 1.807) is 11.9 Å². The molecule has 2 heterocycles. The second kappa shape index (κ2) is 6.52.